The highest BCUT2D eigenvalue weighted by molar-refractivity contribution is 7.92. The molecule has 0 radical (unpaired) electrons. The molecule has 9 heteroatoms. The standard InChI is InChI=1S/C16H18F3N3O2S/c1-2-3-10-25(23,24)22-15-9-8-12(11-20-15)21-14-7-5-4-6-13(14)16(17,18)19/h4-9,11,21H,2-3,10H2,1H3,(H,20,22). The van der Waals surface area contributed by atoms with Gasteiger partial charge < -0.3 is 5.32 Å². The summed E-state index contributed by atoms with van der Waals surface area (Å²) in [6.45, 7) is 1.88. The van der Waals surface area contributed by atoms with Crippen molar-refractivity contribution in [3.63, 3.8) is 0 Å². The van der Waals surface area contributed by atoms with Crippen LogP contribution in [0, 0.1) is 0 Å². The van der Waals surface area contributed by atoms with Crippen molar-refractivity contribution in [2.75, 3.05) is 15.8 Å². The number of hydrogen-bond acceptors (Lipinski definition) is 4. The van der Waals surface area contributed by atoms with Gasteiger partial charge in [-0.1, -0.05) is 25.5 Å². The number of aromatic nitrogens is 1. The van der Waals surface area contributed by atoms with Crippen LogP contribution < -0.4 is 10.0 Å². The number of rotatable bonds is 7. The van der Waals surface area contributed by atoms with E-state index in [1.165, 1.54) is 36.5 Å². The zero-order chi connectivity index (χ0) is 18.5. The molecule has 1 aromatic heterocycles. The summed E-state index contributed by atoms with van der Waals surface area (Å²) in [7, 11) is -3.48. The largest absolute Gasteiger partial charge is 0.418 e. The van der Waals surface area contributed by atoms with E-state index in [1.807, 2.05) is 6.92 Å². The summed E-state index contributed by atoms with van der Waals surface area (Å²) >= 11 is 0. The average Bonchev–Trinajstić information content (AvgIpc) is 2.54. The molecule has 1 heterocycles. The van der Waals surface area contributed by atoms with Gasteiger partial charge >= 0.3 is 6.18 Å². The summed E-state index contributed by atoms with van der Waals surface area (Å²) in [5, 5.41) is 2.64. The van der Waals surface area contributed by atoms with Gasteiger partial charge in [0, 0.05) is 0 Å². The molecule has 0 aliphatic carbocycles. The van der Waals surface area contributed by atoms with Crippen molar-refractivity contribution in [3.8, 4) is 0 Å². The summed E-state index contributed by atoms with van der Waals surface area (Å²) < 4.78 is 64.8. The molecule has 0 bridgehead atoms. The Morgan fingerprint density at radius 2 is 1.84 bits per heavy atom. The number of hydrogen-bond donors (Lipinski definition) is 2. The van der Waals surface area contributed by atoms with Crippen LogP contribution >= 0.6 is 0 Å². The third-order valence-electron chi connectivity index (χ3n) is 3.30. The maximum atomic E-state index is 13.0. The molecule has 0 atom stereocenters. The highest BCUT2D eigenvalue weighted by Gasteiger charge is 2.33. The fraction of sp³-hybridized carbons (Fsp3) is 0.312. The second-order valence-electron chi connectivity index (χ2n) is 5.37. The summed E-state index contributed by atoms with van der Waals surface area (Å²) in [4.78, 5) is 3.93. The SMILES string of the molecule is CCCCS(=O)(=O)Nc1ccc(Nc2ccccc2C(F)(F)F)cn1. The van der Waals surface area contributed by atoms with Gasteiger partial charge in [0.05, 0.1) is 28.9 Å². The smallest absolute Gasteiger partial charge is 0.354 e. The number of nitrogens with one attached hydrogen (secondary N) is 2. The van der Waals surface area contributed by atoms with Crippen LogP contribution in [0.2, 0.25) is 0 Å². The Hall–Kier alpha value is -2.29. The monoisotopic (exact) mass is 373 g/mol. The lowest BCUT2D eigenvalue weighted by Gasteiger charge is -2.14. The Morgan fingerprint density at radius 3 is 2.44 bits per heavy atom. The maximum Gasteiger partial charge on any atom is 0.418 e. The Kier molecular flexibility index (Phi) is 5.89. The molecule has 0 aliphatic rings. The highest BCUT2D eigenvalue weighted by Crippen LogP contribution is 2.35. The summed E-state index contributed by atoms with van der Waals surface area (Å²) in [6, 6.07) is 7.93. The van der Waals surface area contributed by atoms with Crippen LogP contribution in [0.15, 0.2) is 42.6 Å². The summed E-state index contributed by atoms with van der Waals surface area (Å²) in [6.07, 6.45) is -1.93. The fourth-order valence-electron chi connectivity index (χ4n) is 2.07. The second-order valence-corrected chi connectivity index (χ2v) is 7.22. The molecule has 0 fully saturated rings. The second kappa shape index (κ2) is 7.73. The Labute approximate surface area is 144 Å². The van der Waals surface area contributed by atoms with Crippen LogP contribution in [0.5, 0.6) is 0 Å². The average molecular weight is 373 g/mol. The van der Waals surface area contributed by atoms with Gasteiger partial charge in [-0.25, -0.2) is 13.4 Å². The Balaban J connectivity index is 2.12. The van der Waals surface area contributed by atoms with Gasteiger partial charge in [-0.05, 0) is 30.7 Å². The van der Waals surface area contributed by atoms with E-state index in [1.54, 1.807) is 0 Å². The van der Waals surface area contributed by atoms with Gasteiger partial charge in [0.25, 0.3) is 0 Å². The van der Waals surface area contributed by atoms with Crippen molar-refractivity contribution in [1.82, 2.24) is 4.98 Å². The van der Waals surface area contributed by atoms with Crippen molar-refractivity contribution in [2.45, 2.75) is 25.9 Å². The minimum Gasteiger partial charge on any atom is -0.354 e. The molecule has 0 saturated heterocycles. The van der Waals surface area contributed by atoms with Gasteiger partial charge in [0.2, 0.25) is 10.0 Å². The van der Waals surface area contributed by atoms with Crippen LogP contribution in [0.3, 0.4) is 0 Å². The van der Waals surface area contributed by atoms with Crippen LogP contribution in [-0.2, 0) is 16.2 Å². The highest BCUT2D eigenvalue weighted by atomic mass is 32.2. The molecule has 0 spiro atoms. The number of para-hydroxylation sites is 1. The normalized spacial score (nSPS) is 12.0. The van der Waals surface area contributed by atoms with Gasteiger partial charge in [0.15, 0.2) is 0 Å². The minimum absolute atomic E-state index is 0.00978. The third kappa shape index (κ3) is 5.63. The molecule has 2 N–H and O–H groups in total. The molecule has 0 amide bonds. The predicted molar refractivity (Wildman–Crippen MR) is 91.3 cm³/mol. The van der Waals surface area contributed by atoms with Gasteiger partial charge in [-0.2, -0.15) is 13.2 Å². The molecule has 25 heavy (non-hydrogen) atoms. The summed E-state index contributed by atoms with van der Waals surface area (Å²) in [5.74, 6) is 0.107. The molecular weight excluding hydrogens is 355 g/mol. The topological polar surface area (TPSA) is 71.1 Å². The van der Waals surface area contributed by atoms with E-state index >= 15 is 0 Å². The molecule has 2 aromatic rings. The van der Waals surface area contributed by atoms with E-state index in [0.29, 0.717) is 12.1 Å². The predicted octanol–water partition coefficient (Wildman–Crippen LogP) is 4.39. The number of anilines is 3. The number of sulfonamides is 1. The van der Waals surface area contributed by atoms with E-state index < -0.39 is 21.8 Å². The number of unbranched alkanes of at least 4 members (excludes halogenated alkanes) is 1. The fourth-order valence-corrected chi connectivity index (χ4v) is 3.28. The Bertz CT molecular complexity index is 806. The lowest BCUT2D eigenvalue weighted by Crippen LogP contribution is -2.17. The Morgan fingerprint density at radius 1 is 1.12 bits per heavy atom. The van der Waals surface area contributed by atoms with Crippen molar-refractivity contribution < 1.29 is 21.6 Å². The third-order valence-corrected chi connectivity index (χ3v) is 4.65. The zero-order valence-electron chi connectivity index (χ0n) is 13.5. The van der Waals surface area contributed by atoms with Crippen molar-refractivity contribution in [1.29, 1.82) is 0 Å². The molecule has 0 unspecified atom stereocenters. The molecule has 0 saturated carbocycles. The van der Waals surface area contributed by atoms with E-state index in [4.69, 9.17) is 0 Å². The van der Waals surface area contributed by atoms with Gasteiger partial charge in [-0.3, -0.25) is 4.72 Å². The number of alkyl halides is 3. The van der Waals surface area contributed by atoms with Crippen molar-refractivity contribution in [3.05, 3.63) is 48.2 Å². The van der Waals surface area contributed by atoms with E-state index in [0.717, 1.165) is 12.5 Å². The van der Waals surface area contributed by atoms with Crippen molar-refractivity contribution in [2.24, 2.45) is 0 Å². The summed E-state index contributed by atoms with van der Waals surface area (Å²) in [5.41, 5.74) is -0.583. The van der Waals surface area contributed by atoms with Crippen LogP contribution in [0.25, 0.3) is 0 Å². The molecule has 1 aromatic carbocycles. The first-order chi connectivity index (χ1) is 11.7. The molecular formula is C16H18F3N3O2S. The molecule has 136 valence electrons. The first-order valence-electron chi connectivity index (χ1n) is 7.61. The van der Waals surface area contributed by atoms with Crippen LogP contribution in [-0.4, -0.2) is 19.2 Å². The van der Waals surface area contributed by atoms with Crippen LogP contribution in [0.1, 0.15) is 25.3 Å². The molecule has 2 rings (SSSR count). The maximum absolute atomic E-state index is 13.0. The quantitative estimate of drug-likeness (QED) is 0.755. The van der Waals surface area contributed by atoms with Crippen molar-refractivity contribution >= 4 is 27.2 Å². The molecule has 5 nitrogen and oxygen atoms in total. The first-order valence-corrected chi connectivity index (χ1v) is 9.26. The number of benzene rings is 1. The minimum atomic E-state index is -4.48. The number of halogens is 3. The van der Waals surface area contributed by atoms with Gasteiger partial charge in [-0.15, -0.1) is 0 Å². The van der Waals surface area contributed by atoms with Crippen LogP contribution in [0.4, 0.5) is 30.4 Å². The lowest BCUT2D eigenvalue weighted by molar-refractivity contribution is -0.136. The zero-order valence-corrected chi connectivity index (χ0v) is 14.3. The molecule has 0 aliphatic heterocycles. The number of nitrogens with zero attached hydrogens (tertiary/aromatic N) is 1. The van der Waals surface area contributed by atoms with E-state index in [-0.39, 0.29) is 17.3 Å². The first kappa shape index (κ1) is 19.0. The van der Waals surface area contributed by atoms with E-state index in [9.17, 15) is 21.6 Å². The lowest BCUT2D eigenvalue weighted by atomic mass is 10.1. The van der Waals surface area contributed by atoms with Gasteiger partial charge in [0.1, 0.15) is 5.82 Å². The van der Waals surface area contributed by atoms with E-state index in [2.05, 4.69) is 15.0 Å². The number of pyridine rings is 1.